The number of pyridine rings is 1. The summed E-state index contributed by atoms with van der Waals surface area (Å²) in [6, 6.07) is 3.04. The Hall–Kier alpha value is -1.92. The van der Waals surface area contributed by atoms with Gasteiger partial charge in [0.05, 0.1) is 13.1 Å². The van der Waals surface area contributed by atoms with Gasteiger partial charge in [0.15, 0.2) is 5.84 Å². The number of oxime groups is 1. The predicted octanol–water partition coefficient (Wildman–Crippen LogP) is 0.631. The van der Waals surface area contributed by atoms with Crippen LogP contribution in [0.5, 0.6) is 0 Å². The molecule has 0 amide bonds. The lowest BCUT2D eigenvalue weighted by atomic mass is 10.1. The highest BCUT2D eigenvalue weighted by molar-refractivity contribution is 5.97. The van der Waals surface area contributed by atoms with Crippen LogP contribution in [0.3, 0.4) is 0 Å². The van der Waals surface area contributed by atoms with E-state index in [1.165, 1.54) is 23.2 Å². The second kappa shape index (κ2) is 3.58. The van der Waals surface area contributed by atoms with Crippen molar-refractivity contribution in [2.45, 2.75) is 5.92 Å². The SMILES string of the molecule is NC(=NO)c1ccnc(N2CC(F)(F)C2)c1. The molecule has 7 heteroatoms. The number of hydrogen-bond acceptors (Lipinski definition) is 4. The summed E-state index contributed by atoms with van der Waals surface area (Å²) in [5.41, 5.74) is 5.83. The maximum Gasteiger partial charge on any atom is 0.282 e. The molecule has 16 heavy (non-hydrogen) atoms. The molecule has 2 rings (SSSR count). The van der Waals surface area contributed by atoms with E-state index in [1.54, 1.807) is 0 Å². The number of amidine groups is 1. The summed E-state index contributed by atoms with van der Waals surface area (Å²) in [5.74, 6) is -2.32. The van der Waals surface area contributed by atoms with Crippen molar-refractivity contribution in [3.05, 3.63) is 23.9 Å². The minimum Gasteiger partial charge on any atom is -0.409 e. The van der Waals surface area contributed by atoms with Crippen LogP contribution in [0.4, 0.5) is 14.6 Å². The molecule has 1 saturated heterocycles. The molecule has 86 valence electrons. The number of nitrogens with zero attached hydrogens (tertiary/aromatic N) is 3. The molecule has 2 heterocycles. The second-order valence-corrected chi connectivity index (χ2v) is 3.60. The number of anilines is 1. The van der Waals surface area contributed by atoms with Crippen LogP contribution in [0.1, 0.15) is 5.56 Å². The lowest BCUT2D eigenvalue weighted by Crippen LogP contribution is -2.56. The minimum absolute atomic E-state index is 0.0732. The molecular formula is C9H10F2N4O. The smallest absolute Gasteiger partial charge is 0.282 e. The third-order valence-electron chi connectivity index (χ3n) is 2.32. The van der Waals surface area contributed by atoms with Crippen LogP contribution in [0, 0.1) is 0 Å². The molecule has 0 aromatic carbocycles. The minimum atomic E-state index is -2.64. The normalized spacial score (nSPS) is 19.4. The molecule has 3 N–H and O–H groups in total. The third kappa shape index (κ3) is 1.88. The number of nitrogens with two attached hydrogens (primary N) is 1. The second-order valence-electron chi connectivity index (χ2n) is 3.60. The van der Waals surface area contributed by atoms with Crippen LogP contribution in [0.2, 0.25) is 0 Å². The van der Waals surface area contributed by atoms with Gasteiger partial charge in [-0.05, 0) is 12.1 Å². The Morgan fingerprint density at radius 2 is 2.25 bits per heavy atom. The Morgan fingerprint density at radius 3 is 2.81 bits per heavy atom. The fourth-order valence-corrected chi connectivity index (χ4v) is 1.48. The summed E-state index contributed by atoms with van der Waals surface area (Å²) >= 11 is 0. The van der Waals surface area contributed by atoms with E-state index in [0.29, 0.717) is 11.4 Å². The van der Waals surface area contributed by atoms with Gasteiger partial charge in [-0.1, -0.05) is 5.16 Å². The summed E-state index contributed by atoms with van der Waals surface area (Å²) in [5, 5.41) is 11.3. The lowest BCUT2D eigenvalue weighted by Gasteiger charge is -2.39. The van der Waals surface area contributed by atoms with Gasteiger partial charge in [0.2, 0.25) is 0 Å². The molecule has 5 nitrogen and oxygen atoms in total. The fourth-order valence-electron chi connectivity index (χ4n) is 1.48. The molecule has 1 aliphatic rings. The first-order chi connectivity index (χ1) is 7.52. The van der Waals surface area contributed by atoms with Gasteiger partial charge >= 0.3 is 0 Å². The third-order valence-corrected chi connectivity index (χ3v) is 2.32. The largest absolute Gasteiger partial charge is 0.409 e. The molecule has 0 atom stereocenters. The fraction of sp³-hybridized carbons (Fsp3) is 0.333. The Bertz CT molecular complexity index is 427. The molecule has 0 bridgehead atoms. The first kappa shape index (κ1) is 10.6. The number of rotatable bonds is 2. The zero-order chi connectivity index (χ0) is 11.8. The first-order valence-corrected chi connectivity index (χ1v) is 4.58. The first-order valence-electron chi connectivity index (χ1n) is 4.58. The topological polar surface area (TPSA) is 74.7 Å². The Kier molecular flexibility index (Phi) is 2.37. The van der Waals surface area contributed by atoms with Crippen LogP contribution in [-0.2, 0) is 0 Å². The van der Waals surface area contributed by atoms with E-state index < -0.39 is 5.92 Å². The van der Waals surface area contributed by atoms with E-state index in [1.807, 2.05) is 0 Å². The standard InChI is InChI=1S/C9H10F2N4O/c10-9(11)4-15(5-9)7-3-6(1-2-13-7)8(12)14-16/h1-3,16H,4-5H2,(H2,12,14). The van der Waals surface area contributed by atoms with Crippen LogP contribution in [0.25, 0.3) is 0 Å². The van der Waals surface area contributed by atoms with Crippen LogP contribution < -0.4 is 10.6 Å². The zero-order valence-corrected chi connectivity index (χ0v) is 8.27. The van der Waals surface area contributed by atoms with Gasteiger partial charge in [-0.2, -0.15) is 0 Å². The quantitative estimate of drug-likeness (QED) is 0.337. The van der Waals surface area contributed by atoms with Crippen molar-refractivity contribution >= 4 is 11.7 Å². The molecule has 0 unspecified atom stereocenters. The van der Waals surface area contributed by atoms with Crippen molar-refractivity contribution in [2.24, 2.45) is 10.9 Å². The van der Waals surface area contributed by atoms with Gasteiger partial charge in [-0.15, -0.1) is 0 Å². The van der Waals surface area contributed by atoms with Gasteiger partial charge in [-0.25, -0.2) is 13.8 Å². The van der Waals surface area contributed by atoms with Crippen molar-refractivity contribution in [3.8, 4) is 0 Å². The monoisotopic (exact) mass is 228 g/mol. The molecule has 1 aliphatic heterocycles. The number of hydrogen-bond donors (Lipinski definition) is 2. The van der Waals surface area contributed by atoms with E-state index in [4.69, 9.17) is 10.9 Å². The predicted molar refractivity (Wildman–Crippen MR) is 53.9 cm³/mol. The van der Waals surface area contributed by atoms with Crippen LogP contribution in [-0.4, -0.2) is 35.0 Å². The van der Waals surface area contributed by atoms with Crippen molar-refractivity contribution in [2.75, 3.05) is 18.0 Å². The average molecular weight is 228 g/mol. The molecule has 0 saturated carbocycles. The summed E-state index contributed by atoms with van der Waals surface area (Å²) in [7, 11) is 0. The summed E-state index contributed by atoms with van der Waals surface area (Å²) in [6.07, 6.45) is 1.43. The van der Waals surface area contributed by atoms with Gasteiger partial charge in [0, 0.05) is 11.8 Å². The summed E-state index contributed by atoms with van der Waals surface area (Å²) in [4.78, 5) is 5.37. The van der Waals surface area contributed by atoms with E-state index in [9.17, 15) is 8.78 Å². The molecular weight excluding hydrogens is 218 g/mol. The van der Waals surface area contributed by atoms with Crippen molar-refractivity contribution in [1.82, 2.24) is 4.98 Å². The molecule has 0 radical (unpaired) electrons. The highest BCUT2D eigenvalue weighted by Gasteiger charge is 2.44. The van der Waals surface area contributed by atoms with Crippen molar-refractivity contribution in [3.63, 3.8) is 0 Å². The number of aromatic nitrogens is 1. The summed E-state index contributed by atoms with van der Waals surface area (Å²) < 4.78 is 25.3. The van der Waals surface area contributed by atoms with Crippen LogP contribution >= 0.6 is 0 Å². The lowest BCUT2D eigenvalue weighted by molar-refractivity contribution is -0.0267. The van der Waals surface area contributed by atoms with E-state index in [2.05, 4.69) is 10.1 Å². The van der Waals surface area contributed by atoms with Gasteiger partial charge in [-0.3, -0.25) is 0 Å². The molecule has 1 aromatic heterocycles. The number of halogens is 2. The van der Waals surface area contributed by atoms with E-state index in [-0.39, 0.29) is 18.9 Å². The van der Waals surface area contributed by atoms with Gasteiger partial charge in [0.1, 0.15) is 5.82 Å². The maximum atomic E-state index is 12.6. The zero-order valence-electron chi connectivity index (χ0n) is 8.27. The van der Waals surface area contributed by atoms with Gasteiger partial charge in [0.25, 0.3) is 5.92 Å². The Labute approximate surface area is 90.2 Å². The number of alkyl halides is 2. The Morgan fingerprint density at radius 1 is 1.56 bits per heavy atom. The summed E-state index contributed by atoms with van der Waals surface area (Å²) in [6.45, 7) is -0.695. The highest BCUT2D eigenvalue weighted by atomic mass is 19.3. The average Bonchev–Trinajstić information content (AvgIpc) is 2.25. The molecule has 1 fully saturated rings. The maximum absolute atomic E-state index is 12.6. The van der Waals surface area contributed by atoms with Crippen molar-refractivity contribution in [1.29, 1.82) is 0 Å². The molecule has 0 spiro atoms. The van der Waals surface area contributed by atoms with Crippen molar-refractivity contribution < 1.29 is 14.0 Å². The van der Waals surface area contributed by atoms with Gasteiger partial charge < -0.3 is 15.8 Å². The molecule has 0 aliphatic carbocycles. The van der Waals surface area contributed by atoms with E-state index in [0.717, 1.165) is 0 Å². The molecule has 1 aromatic rings. The van der Waals surface area contributed by atoms with Crippen LogP contribution in [0.15, 0.2) is 23.5 Å². The van der Waals surface area contributed by atoms with E-state index >= 15 is 0 Å². The Balaban J connectivity index is 2.18. The highest BCUT2D eigenvalue weighted by Crippen LogP contribution is 2.30.